The molecule has 2 aromatic rings. The van der Waals surface area contributed by atoms with Crippen LogP contribution in [0.25, 0.3) is 10.8 Å². The molecule has 0 saturated carbocycles. The third kappa shape index (κ3) is 2.70. The summed E-state index contributed by atoms with van der Waals surface area (Å²) in [4.78, 5) is 11.8. The summed E-state index contributed by atoms with van der Waals surface area (Å²) in [6, 6.07) is 11.9. The summed E-state index contributed by atoms with van der Waals surface area (Å²) >= 11 is 0. The molecule has 18 heavy (non-hydrogen) atoms. The lowest BCUT2D eigenvalue weighted by atomic mass is 9.97. The molecule has 2 aromatic carbocycles. The van der Waals surface area contributed by atoms with Gasteiger partial charge in [-0.25, -0.2) is 0 Å². The van der Waals surface area contributed by atoms with E-state index in [1.165, 1.54) is 5.56 Å². The number of ether oxygens (including phenoxy) is 1. The molecule has 0 aliphatic heterocycles. The Morgan fingerprint density at radius 2 is 1.61 bits per heavy atom. The normalized spacial score (nSPS) is 11.6. The van der Waals surface area contributed by atoms with Crippen LogP contribution in [-0.2, 0) is 4.79 Å². The Kier molecular flexibility index (Phi) is 3.12. The number of carbonyl (C=O) groups is 1. The van der Waals surface area contributed by atoms with Gasteiger partial charge in [-0.1, -0.05) is 29.8 Å². The average molecular weight is 242 g/mol. The maximum absolute atomic E-state index is 11.8. The van der Waals surface area contributed by atoms with Crippen molar-refractivity contribution in [2.45, 2.75) is 27.7 Å². The molecule has 0 aliphatic carbocycles. The van der Waals surface area contributed by atoms with Gasteiger partial charge in [-0.2, -0.15) is 0 Å². The van der Waals surface area contributed by atoms with Crippen molar-refractivity contribution in [1.29, 1.82) is 0 Å². The third-order valence-corrected chi connectivity index (χ3v) is 2.79. The van der Waals surface area contributed by atoms with Gasteiger partial charge in [-0.05, 0) is 50.6 Å². The van der Waals surface area contributed by atoms with Crippen molar-refractivity contribution >= 4 is 16.7 Å². The fraction of sp³-hybridized carbons (Fsp3) is 0.312. The summed E-state index contributed by atoms with van der Waals surface area (Å²) in [5.41, 5.74) is 0.740. The number of fused-ring (bicyclic) bond motifs is 1. The molecule has 0 radical (unpaired) electrons. The molecule has 0 unspecified atom stereocenters. The van der Waals surface area contributed by atoms with Crippen LogP contribution in [0, 0.1) is 12.3 Å². The van der Waals surface area contributed by atoms with Crippen molar-refractivity contribution in [3.8, 4) is 5.75 Å². The summed E-state index contributed by atoms with van der Waals surface area (Å²) in [5.74, 6) is 0.389. The van der Waals surface area contributed by atoms with E-state index in [2.05, 4.69) is 19.1 Å². The van der Waals surface area contributed by atoms with Gasteiger partial charge in [0.1, 0.15) is 5.75 Å². The molecule has 2 rings (SSSR count). The smallest absolute Gasteiger partial charge is 0.316 e. The van der Waals surface area contributed by atoms with E-state index in [1.54, 1.807) is 0 Å². The number of carbonyl (C=O) groups excluding carboxylic acids is 1. The molecule has 0 heterocycles. The topological polar surface area (TPSA) is 26.3 Å². The van der Waals surface area contributed by atoms with Crippen molar-refractivity contribution in [2.24, 2.45) is 5.41 Å². The molecule has 0 atom stereocenters. The molecular weight excluding hydrogens is 224 g/mol. The zero-order valence-corrected chi connectivity index (χ0v) is 11.3. The Bertz CT molecular complexity index is 592. The third-order valence-electron chi connectivity index (χ3n) is 2.79. The maximum Gasteiger partial charge on any atom is 0.316 e. The molecule has 0 N–H and O–H groups in total. The molecule has 0 bridgehead atoms. The van der Waals surface area contributed by atoms with Gasteiger partial charge in [-0.15, -0.1) is 0 Å². The van der Waals surface area contributed by atoms with E-state index in [0.29, 0.717) is 5.75 Å². The van der Waals surface area contributed by atoms with E-state index in [4.69, 9.17) is 4.74 Å². The minimum Gasteiger partial charge on any atom is -0.426 e. The lowest BCUT2D eigenvalue weighted by Crippen LogP contribution is -2.25. The van der Waals surface area contributed by atoms with Crippen LogP contribution in [0.5, 0.6) is 5.75 Å². The average Bonchev–Trinajstić information content (AvgIpc) is 2.28. The van der Waals surface area contributed by atoms with Crippen molar-refractivity contribution in [3.05, 3.63) is 42.0 Å². The first-order valence-corrected chi connectivity index (χ1v) is 6.09. The van der Waals surface area contributed by atoms with Gasteiger partial charge in [0.2, 0.25) is 0 Å². The van der Waals surface area contributed by atoms with Crippen LogP contribution in [0.3, 0.4) is 0 Å². The lowest BCUT2D eigenvalue weighted by Gasteiger charge is -2.16. The molecule has 2 nitrogen and oxygen atoms in total. The van der Waals surface area contributed by atoms with Crippen molar-refractivity contribution in [2.75, 3.05) is 0 Å². The molecule has 0 aliphatic rings. The summed E-state index contributed by atoms with van der Waals surface area (Å²) < 4.78 is 5.38. The molecule has 0 amide bonds. The van der Waals surface area contributed by atoms with Crippen LogP contribution in [-0.4, -0.2) is 5.97 Å². The van der Waals surface area contributed by atoms with Crippen molar-refractivity contribution in [3.63, 3.8) is 0 Å². The minimum absolute atomic E-state index is 0.214. The zero-order chi connectivity index (χ0) is 13.3. The quantitative estimate of drug-likeness (QED) is 0.556. The van der Waals surface area contributed by atoms with Crippen LogP contribution < -0.4 is 4.74 Å². The van der Waals surface area contributed by atoms with Gasteiger partial charge in [0, 0.05) is 0 Å². The molecule has 0 aromatic heterocycles. The van der Waals surface area contributed by atoms with Crippen molar-refractivity contribution in [1.82, 2.24) is 0 Å². The van der Waals surface area contributed by atoms with Crippen LogP contribution in [0.15, 0.2) is 36.4 Å². The molecule has 2 heteroatoms. The number of benzene rings is 2. The van der Waals surface area contributed by atoms with Gasteiger partial charge in [-0.3, -0.25) is 4.79 Å². The molecule has 0 spiro atoms. The number of rotatable bonds is 1. The lowest BCUT2D eigenvalue weighted by molar-refractivity contribution is -0.142. The number of hydrogen-bond donors (Lipinski definition) is 0. The summed E-state index contributed by atoms with van der Waals surface area (Å²) in [6.07, 6.45) is 0. The molecule has 0 fully saturated rings. The highest BCUT2D eigenvalue weighted by molar-refractivity contribution is 5.86. The highest BCUT2D eigenvalue weighted by Crippen LogP contribution is 2.24. The molecule has 94 valence electrons. The van der Waals surface area contributed by atoms with Crippen LogP contribution in [0.4, 0.5) is 0 Å². The summed E-state index contributed by atoms with van der Waals surface area (Å²) in [5, 5.41) is 2.24. The zero-order valence-electron chi connectivity index (χ0n) is 11.3. The first-order valence-electron chi connectivity index (χ1n) is 6.09. The Balaban J connectivity index is 2.31. The van der Waals surface area contributed by atoms with Crippen molar-refractivity contribution < 1.29 is 9.53 Å². The second-order valence-electron chi connectivity index (χ2n) is 5.65. The van der Waals surface area contributed by atoms with E-state index < -0.39 is 5.41 Å². The highest BCUT2D eigenvalue weighted by atomic mass is 16.5. The Morgan fingerprint density at radius 1 is 1.00 bits per heavy atom. The van der Waals surface area contributed by atoms with Gasteiger partial charge in [0.25, 0.3) is 0 Å². The van der Waals surface area contributed by atoms with Crippen LogP contribution >= 0.6 is 0 Å². The van der Waals surface area contributed by atoms with Crippen LogP contribution in [0.1, 0.15) is 26.3 Å². The SMILES string of the molecule is Cc1ccc2cc(OC(=O)C(C)(C)C)ccc2c1. The Hall–Kier alpha value is -1.83. The Morgan fingerprint density at radius 3 is 2.28 bits per heavy atom. The van der Waals surface area contributed by atoms with Gasteiger partial charge >= 0.3 is 5.97 Å². The van der Waals surface area contributed by atoms with Crippen LogP contribution in [0.2, 0.25) is 0 Å². The minimum atomic E-state index is -0.484. The predicted octanol–water partition coefficient (Wildman–Crippen LogP) is 4.10. The first kappa shape index (κ1) is 12.6. The second kappa shape index (κ2) is 4.45. The fourth-order valence-electron chi connectivity index (χ4n) is 1.67. The van der Waals surface area contributed by atoms with Gasteiger partial charge in [0.15, 0.2) is 0 Å². The molecular formula is C16H18O2. The van der Waals surface area contributed by atoms with E-state index >= 15 is 0 Å². The monoisotopic (exact) mass is 242 g/mol. The Labute approximate surface area is 108 Å². The second-order valence-corrected chi connectivity index (χ2v) is 5.65. The number of aryl methyl sites for hydroxylation is 1. The standard InChI is InChI=1S/C16H18O2/c1-11-5-6-13-10-14(8-7-12(13)9-11)18-15(17)16(2,3)4/h5-10H,1-4H3. The first-order chi connectivity index (χ1) is 8.36. The maximum atomic E-state index is 11.8. The van der Waals surface area contributed by atoms with Gasteiger partial charge < -0.3 is 4.74 Å². The summed E-state index contributed by atoms with van der Waals surface area (Å²) in [7, 11) is 0. The predicted molar refractivity (Wildman–Crippen MR) is 73.8 cm³/mol. The molecule has 0 saturated heterocycles. The number of esters is 1. The largest absolute Gasteiger partial charge is 0.426 e. The summed E-state index contributed by atoms with van der Waals surface area (Å²) in [6.45, 7) is 7.60. The highest BCUT2D eigenvalue weighted by Gasteiger charge is 2.23. The van der Waals surface area contributed by atoms with E-state index in [-0.39, 0.29) is 5.97 Å². The fourth-order valence-corrected chi connectivity index (χ4v) is 1.67. The van der Waals surface area contributed by atoms with E-state index in [1.807, 2.05) is 45.0 Å². The number of hydrogen-bond acceptors (Lipinski definition) is 2. The van der Waals surface area contributed by atoms with E-state index in [9.17, 15) is 4.79 Å². The van der Waals surface area contributed by atoms with E-state index in [0.717, 1.165) is 10.8 Å². The van der Waals surface area contributed by atoms with Gasteiger partial charge in [0.05, 0.1) is 5.41 Å².